The van der Waals surface area contributed by atoms with Gasteiger partial charge in [-0.25, -0.2) is 0 Å². The summed E-state index contributed by atoms with van der Waals surface area (Å²) in [7, 11) is 0. The largest absolute Gasteiger partial charge is 0.471 e. The monoisotopic (exact) mass is 390 g/mol. The molecule has 3 amide bonds. The third-order valence-electron chi connectivity index (χ3n) is 6.03. The SMILES string of the molecule is C[C@@H](N)NC(=O)[C@@H]1[C@@H]2[C@H](CN1C(=O)[C@@H](NC(=O)C(F)(F)F)C1CC1)C2(C)C. The van der Waals surface area contributed by atoms with Crippen molar-refractivity contribution in [1.82, 2.24) is 15.5 Å². The molecule has 0 unspecified atom stereocenters. The van der Waals surface area contributed by atoms with Crippen LogP contribution in [0.25, 0.3) is 0 Å². The Balaban J connectivity index is 1.79. The van der Waals surface area contributed by atoms with Crippen molar-refractivity contribution in [1.29, 1.82) is 0 Å². The number of alkyl halides is 3. The Morgan fingerprint density at radius 1 is 1.19 bits per heavy atom. The number of hydrogen-bond donors (Lipinski definition) is 3. The van der Waals surface area contributed by atoms with Gasteiger partial charge in [0, 0.05) is 6.54 Å². The molecule has 2 saturated carbocycles. The number of fused-ring (bicyclic) bond motifs is 1. The molecule has 0 spiro atoms. The molecule has 1 heterocycles. The first-order chi connectivity index (χ1) is 12.4. The number of carbonyl (C=O) groups is 3. The van der Waals surface area contributed by atoms with Gasteiger partial charge < -0.3 is 21.3 Å². The summed E-state index contributed by atoms with van der Waals surface area (Å²) < 4.78 is 37.9. The van der Waals surface area contributed by atoms with Gasteiger partial charge in [0.25, 0.3) is 0 Å². The lowest BCUT2D eigenvalue weighted by Gasteiger charge is -2.33. The Bertz CT molecular complexity index is 660. The van der Waals surface area contributed by atoms with E-state index in [2.05, 4.69) is 5.32 Å². The summed E-state index contributed by atoms with van der Waals surface area (Å²) in [6.07, 6.45) is -4.54. The second-order valence-corrected chi connectivity index (χ2v) is 8.47. The van der Waals surface area contributed by atoms with Gasteiger partial charge in [-0.2, -0.15) is 13.2 Å². The lowest BCUT2D eigenvalue weighted by molar-refractivity contribution is -0.175. The van der Waals surface area contributed by atoms with Gasteiger partial charge in [0.15, 0.2) is 0 Å². The maximum absolute atomic E-state index is 13.0. The van der Waals surface area contributed by atoms with Crippen molar-refractivity contribution in [2.75, 3.05) is 6.54 Å². The third kappa shape index (κ3) is 3.63. The van der Waals surface area contributed by atoms with Crippen molar-refractivity contribution >= 4 is 17.7 Å². The lowest BCUT2D eigenvalue weighted by atomic mass is 9.99. The first-order valence-corrected chi connectivity index (χ1v) is 9.09. The summed E-state index contributed by atoms with van der Waals surface area (Å²) in [6.45, 7) is 5.88. The maximum atomic E-state index is 13.0. The zero-order valence-corrected chi connectivity index (χ0v) is 15.5. The first kappa shape index (κ1) is 19.9. The number of nitrogens with one attached hydrogen (secondary N) is 2. The van der Waals surface area contributed by atoms with E-state index in [1.807, 2.05) is 19.2 Å². The van der Waals surface area contributed by atoms with Crippen molar-refractivity contribution in [3.05, 3.63) is 0 Å². The van der Waals surface area contributed by atoms with Crippen molar-refractivity contribution in [2.24, 2.45) is 28.9 Å². The molecular weight excluding hydrogens is 365 g/mol. The number of likely N-dealkylation sites (tertiary alicyclic amines) is 1. The second-order valence-electron chi connectivity index (χ2n) is 8.47. The average Bonchev–Trinajstić information content (AvgIpc) is 3.38. The second kappa shape index (κ2) is 6.35. The molecule has 0 bridgehead atoms. The minimum atomic E-state index is -5.06. The van der Waals surface area contributed by atoms with Crippen LogP contribution in [0.4, 0.5) is 13.2 Å². The minimum Gasteiger partial charge on any atom is -0.339 e. The average molecular weight is 390 g/mol. The van der Waals surface area contributed by atoms with Crippen LogP contribution in [0.5, 0.6) is 0 Å². The summed E-state index contributed by atoms with van der Waals surface area (Å²) in [5.41, 5.74) is 5.50. The number of nitrogens with two attached hydrogens (primary N) is 1. The molecule has 0 aromatic heterocycles. The number of nitrogens with zero attached hydrogens (tertiary/aromatic N) is 1. The third-order valence-corrected chi connectivity index (χ3v) is 6.03. The highest BCUT2D eigenvalue weighted by atomic mass is 19.4. The van der Waals surface area contributed by atoms with Gasteiger partial charge in [0.2, 0.25) is 11.8 Å². The zero-order valence-electron chi connectivity index (χ0n) is 15.5. The Morgan fingerprint density at radius 2 is 1.78 bits per heavy atom. The molecule has 10 heteroatoms. The molecule has 2 aliphatic carbocycles. The van der Waals surface area contributed by atoms with Crippen LogP contribution >= 0.6 is 0 Å². The van der Waals surface area contributed by atoms with Crippen LogP contribution in [0.1, 0.15) is 33.6 Å². The molecule has 1 aliphatic heterocycles. The van der Waals surface area contributed by atoms with Gasteiger partial charge in [-0.3, -0.25) is 14.4 Å². The number of piperidine rings is 1. The summed E-state index contributed by atoms with van der Waals surface area (Å²) in [6, 6.07) is -2.04. The smallest absolute Gasteiger partial charge is 0.339 e. The van der Waals surface area contributed by atoms with Crippen molar-refractivity contribution in [3.8, 4) is 0 Å². The number of rotatable bonds is 5. The van der Waals surface area contributed by atoms with E-state index in [0.29, 0.717) is 19.4 Å². The van der Waals surface area contributed by atoms with E-state index in [9.17, 15) is 27.6 Å². The molecule has 4 N–H and O–H groups in total. The number of halogens is 3. The van der Waals surface area contributed by atoms with Crippen LogP contribution in [0.2, 0.25) is 0 Å². The molecular formula is C17H25F3N4O3. The number of amides is 3. The first-order valence-electron chi connectivity index (χ1n) is 9.09. The van der Waals surface area contributed by atoms with Crippen molar-refractivity contribution in [2.45, 2.75) is 58.0 Å². The van der Waals surface area contributed by atoms with Gasteiger partial charge in [0.05, 0.1) is 6.17 Å². The fourth-order valence-electron chi connectivity index (χ4n) is 4.34. The molecule has 3 fully saturated rings. The molecule has 0 radical (unpaired) electrons. The van der Waals surface area contributed by atoms with Crippen LogP contribution in [-0.4, -0.2) is 53.6 Å². The van der Waals surface area contributed by atoms with Crippen molar-refractivity contribution < 1.29 is 27.6 Å². The van der Waals surface area contributed by atoms with Gasteiger partial charge >= 0.3 is 12.1 Å². The number of carbonyl (C=O) groups excluding carboxylic acids is 3. The van der Waals surface area contributed by atoms with E-state index < -0.39 is 42.1 Å². The molecule has 1 saturated heterocycles. The van der Waals surface area contributed by atoms with E-state index >= 15 is 0 Å². The lowest BCUT2D eigenvalue weighted by Crippen LogP contribution is -2.58. The van der Waals surface area contributed by atoms with Crippen LogP contribution in [0.3, 0.4) is 0 Å². The fraction of sp³-hybridized carbons (Fsp3) is 0.824. The number of hydrogen-bond acceptors (Lipinski definition) is 4. The van der Waals surface area contributed by atoms with Gasteiger partial charge in [-0.1, -0.05) is 13.8 Å². The molecule has 27 heavy (non-hydrogen) atoms. The molecule has 5 atom stereocenters. The zero-order chi connectivity index (χ0) is 20.3. The fourth-order valence-corrected chi connectivity index (χ4v) is 4.34. The molecule has 3 rings (SSSR count). The molecule has 0 aromatic carbocycles. The summed E-state index contributed by atoms with van der Waals surface area (Å²) in [5, 5.41) is 4.43. The molecule has 0 aromatic rings. The van der Waals surface area contributed by atoms with E-state index in [1.54, 1.807) is 6.92 Å². The molecule has 152 valence electrons. The summed E-state index contributed by atoms with van der Waals surface area (Å²) >= 11 is 0. The van der Waals surface area contributed by atoms with Gasteiger partial charge in [-0.05, 0) is 42.9 Å². The van der Waals surface area contributed by atoms with Crippen LogP contribution < -0.4 is 16.4 Å². The standard InChI is InChI=1S/C17H25F3N4O3/c1-7(21)22-13(25)12-10-9(16(10,2)3)6-24(12)14(26)11(8-4-5-8)23-15(27)17(18,19)20/h7-12H,4-6,21H2,1-3H3,(H,22,25)(H,23,27)/t7-,9-,10-,11-,12-/m0/s1. The highest BCUT2D eigenvalue weighted by Crippen LogP contribution is 2.65. The van der Waals surface area contributed by atoms with E-state index in [0.717, 1.165) is 0 Å². The van der Waals surface area contributed by atoms with E-state index in [-0.39, 0.29) is 23.2 Å². The Kier molecular flexibility index (Phi) is 4.69. The van der Waals surface area contributed by atoms with Crippen LogP contribution in [-0.2, 0) is 14.4 Å². The topological polar surface area (TPSA) is 105 Å². The Morgan fingerprint density at radius 3 is 2.26 bits per heavy atom. The highest BCUT2D eigenvalue weighted by molar-refractivity contribution is 5.94. The summed E-state index contributed by atoms with van der Waals surface area (Å²) in [5.74, 6) is -3.46. The van der Waals surface area contributed by atoms with Crippen LogP contribution in [0.15, 0.2) is 0 Å². The predicted molar refractivity (Wildman–Crippen MR) is 88.8 cm³/mol. The van der Waals surface area contributed by atoms with Crippen molar-refractivity contribution in [3.63, 3.8) is 0 Å². The quantitative estimate of drug-likeness (QED) is 0.589. The summed E-state index contributed by atoms with van der Waals surface area (Å²) in [4.78, 5) is 38.3. The predicted octanol–water partition coefficient (Wildman–Crippen LogP) is 0.347. The van der Waals surface area contributed by atoms with Gasteiger partial charge in [-0.15, -0.1) is 0 Å². The molecule has 7 nitrogen and oxygen atoms in total. The molecule has 3 aliphatic rings. The van der Waals surface area contributed by atoms with Crippen LogP contribution in [0, 0.1) is 23.2 Å². The van der Waals surface area contributed by atoms with E-state index in [4.69, 9.17) is 5.73 Å². The Hall–Kier alpha value is -1.84. The van der Waals surface area contributed by atoms with Gasteiger partial charge in [0.1, 0.15) is 12.1 Å². The Labute approximate surface area is 155 Å². The highest BCUT2D eigenvalue weighted by Gasteiger charge is 2.69. The minimum absolute atomic E-state index is 0.0710. The van der Waals surface area contributed by atoms with E-state index in [1.165, 1.54) is 4.90 Å². The maximum Gasteiger partial charge on any atom is 0.471 e. The normalized spacial score (nSPS) is 30.9.